The third-order valence-corrected chi connectivity index (χ3v) is 5.41. The van der Waals surface area contributed by atoms with Crippen LogP contribution in [-0.2, 0) is 20.9 Å². The molecule has 1 aliphatic heterocycles. The Morgan fingerprint density at radius 3 is 1.96 bits per heavy atom. The van der Waals surface area contributed by atoms with Crippen molar-refractivity contribution in [2.75, 3.05) is 0 Å². The molecule has 0 saturated heterocycles. The van der Waals surface area contributed by atoms with E-state index in [9.17, 15) is 4.21 Å². The Bertz CT molecular complexity index is 839. The van der Waals surface area contributed by atoms with Crippen molar-refractivity contribution in [2.45, 2.75) is 10.5 Å². The van der Waals surface area contributed by atoms with Crippen molar-refractivity contribution in [3.8, 4) is 0 Å². The van der Waals surface area contributed by atoms with E-state index in [2.05, 4.69) is 0 Å². The van der Waals surface area contributed by atoms with E-state index in [4.69, 9.17) is 15.8 Å². The van der Waals surface area contributed by atoms with E-state index in [0.29, 0.717) is 9.92 Å². The topological polar surface area (TPSA) is 26.3 Å². The molecule has 1 heterocycles. The van der Waals surface area contributed by atoms with Crippen molar-refractivity contribution in [3.05, 3.63) is 101 Å². The van der Waals surface area contributed by atoms with E-state index in [0.717, 1.165) is 16.7 Å². The van der Waals surface area contributed by atoms with Crippen molar-refractivity contribution < 1.29 is 8.39 Å². The monoisotopic (exact) mass is 340 g/mol. The van der Waals surface area contributed by atoms with E-state index in [1.165, 1.54) is 0 Å². The van der Waals surface area contributed by atoms with Crippen LogP contribution < -0.4 is 0 Å². The van der Waals surface area contributed by atoms with Gasteiger partial charge >= 0.3 is 0 Å². The Balaban J connectivity index is 2.08. The van der Waals surface area contributed by atoms with E-state index in [-0.39, 0.29) is 0 Å². The zero-order valence-electron chi connectivity index (χ0n) is 12.1. The molecule has 1 aliphatic rings. The summed E-state index contributed by atoms with van der Waals surface area (Å²) in [5.41, 5.74) is 1.79. The molecule has 1 unspecified atom stereocenters. The molecule has 0 aliphatic carbocycles. The van der Waals surface area contributed by atoms with Crippen LogP contribution in [0.4, 0.5) is 0 Å². The van der Waals surface area contributed by atoms with Gasteiger partial charge in [0.25, 0.3) is 0 Å². The fourth-order valence-corrected chi connectivity index (χ4v) is 4.38. The Hall–Kier alpha value is -1.94. The molecule has 4 rings (SSSR count). The summed E-state index contributed by atoms with van der Waals surface area (Å²) >= 11 is 4.68. The highest BCUT2D eigenvalue weighted by atomic mass is 35.5. The molecule has 0 fully saturated rings. The van der Waals surface area contributed by atoms with Gasteiger partial charge in [0.15, 0.2) is 16.7 Å². The minimum absolute atomic E-state index is 0.600. The summed E-state index contributed by atoms with van der Waals surface area (Å²) in [5, 5.41) is 0.600. The maximum Gasteiger partial charge on any atom is 0.191 e. The fraction of sp³-hybridized carbons (Fsp3) is 0.0526. The average molecular weight is 341 g/mol. The first-order valence-electron chi connectivity index (χ1n) is 7.24. The van der Waals surface area contributed by atoms with Crippen LogP contribution in [0.15, 0.2) is 83.8 Å². The minimum Gasteiger partial charge on any atom is -0.265 e. The number of hydrogen-bond donors (Lipinski definition) is 0. The quantitative estimate of drug-likeness (QED) is 0.676. The highest BCUT2D eigenvalue weighted by Crippen LogP contribution is 2.49. The van der Waals surface area contributed by atoms with Gasteiger partial charge in [-0.2, -0.15) is 0 Å². The van der Waals surface area contributed by atoms with Gasteiger partial charge in [0, 0.05) is 10.6 Å². The molecule has 2 nitrogen and oxygen atoms in total. The first-order valence-corrected chi connectivity index (χ1v) is 8.69. The standard InChI is InChI=1S/C19H13ClO2S/c20-16-11-12-18-17(13-16)19(22-23(18)21,14-7-3-1-4-8-14)15-9-5-2-6-10-15/h1-13H. The predicted molar refractivity (Wildman–Crippen MR) is 91.7 cm³/mol. The second kappa shape index (κ2) is 5.60. The van der Waals surface area contributed by atoms with Gasteiger partial charge in [0.2, 0.25) is 0 Å². The van der Waals surface area contributed by atoms with E-state index >= 15 is 0 Å². The summed E-state index contributed by atoms with van der Waals surface area (Å²) < 4.78 is 18.6. The van der Waals surface area contributed by atoms with Gasteiger partial charge in [0.1, 0.15) is 0 Å². The van der Waals surface area contributed by atoms with Gasteiger partial charge in [0.05, 0.1) is 4.90 Å². The van der Waals surface area contributed by atoms with Gasteiger partial charge < -0.3 is 0 Å². The Kier molecular flexibility index (Phi) is 3.57. The van der Waals surface area contributed by atoms with Crippen molar-refractivity contribution in [3.63, 3.8) is 0 Å². The number of benzene rings is 3. The lowest BCUT2D eigenvalue weighted by molar-refractivity contribution is 0.193. The summed E-state index contributed by atoms with van der Waals surface area (Å²) in [7, 11) is 0. The summed E-state index contributed by atoms with van der Waals surface area (Å²) in [6.45, 7) is 0. The van der Waals surface area contributed by atoms with Crippen LogP contribution in [0.3, 0.4) is 0 Å². The number of halogens is 1. The molecular weight excluding hydrogens is 328 g/mol. The molecule has 23 heavy (non-hydrogen) atoms. The summed E-state index contributed by atoms with van der Waals surface area (Å²) in [5.74, 6) is 0. The lowest BCUT2D eigenvalue weighted by Crippen LogP contribution is -2.28. The predicted octanol–water partition coefficient (Wildman–Crippen LogP) is 4.68. The molecule has 0 amide bonds. The summed E-state index contributed by atoms with van der Waals surface area (Å²) in [6.07, 6.45) is 0. The summed E-state index contributed by atoms with van der Waals surface area (Å²) in [6, 6.07) is 25.0. The van der Waals surface area contributed by atoms with Crippen LogP contribution in [0.2, 0.25) is 5.02 Å². The van der Waals surface area contributed by atoms with Gasteiger partial charge in [-0.15, -0.1) is 0 Å². The molecular formula is C19H13ClO2S. The van der Waals surface area contributed by atoms with Gasteiger partial charge in [-0.1, -0.05) is 72.3 Å². The average Bonchev–Trinajstić information content (AvgIpc) is 2.90. The van der Waals surface area contributed by atoms with Gasteiger partial charge in [-0.05, 0) is 29.3 Å². The lowest BCUT2D eigenvalue weighted by atomic mass is 9.80. The lowest BCUT2D eigenvalue weighted by Gasteiger charge is -2.29. The molecule has 0 saturated carbocycles. The second-order valence-electron chi connectivity index (χ2n) is 5.37. The highest BCUT2D eigenvalue weighted by Gasteiger charge is 2.47. The van der Waals surface area contributed by atoms with E-state index in [1.807, 2.05) is 66.7 Å². The Labute approximate surface area is 142 Å². The van der Waals surface area contributed by atoms with E-state index < -0.39 is 16.7 Å². The first kappa shape index (κ1) is 14.6. The van der Waals surface area contributed by atoms with Gasteiger partial charge in [-0.3, -0.25) is 4.18 Å². The van der Waals surface area contributed by atoms with Crippen molar-refractivity contribution in [1.82, 2.24) is 0 Å². The Morgan fingerprint density at radius 2 is 1.39 bits per heavy atom. The third kappa shape index (κ3) is 2.24. The third-order valence-electron chi connectivity index (χ3n) is 4.06. The maximum atomic E-state index is 12.6. The molecule has 114 valence electrons. The number of rotatable bonds is 2. The Morgan fingerprint density at radius 1 is 0.826 bits per heavy atom. The molecule has 0 aromatic heterocycles. The molecule has 0 bridgehead atoms. The second-order valence-corrected chi connectivity index (χ2v) is 6.88. The minimum atomic E-state index is -1.54. The zero-order chi connectivity index (χ0) is 15.9. The van der Waals surface area contributed by atoms with E-state index in [1.54, 1.807) is 12.1 Å². The first-order chi connectivity index (χ1) is 11.2. The fourth-order valence-electron chi connectivity index (χ4n) is 3.05. The van der Waals surface area contributed by atoms with Gasteiger partial charge in [-0.25, -0.2) is 4.21 Å². The molecule has 4 heteroatoms. The van der Waals surface area contributed by atoms with Crippen molar-refractivity contribution in [1.29, 1.82) is 0 Å². The zero-order valence-corrected chi connectivity index (χ0v) is 13.7. The van der Waals surface area contributed by atoms with Crippen LogP contribution in [0.5, 0.6) is 0 Å². The molecule has 1 atom stereocenters. The van der Waals surface area contributed by atoms with Crippen LogP contribution in [0, 0.1) is 0 Å². The molecule has 3 aromatic carbocycles. The highest BCUT2D eigenvalue weighted by molar-refractivity contribution is 7.80. The van der Waals surface area contributed by atoms with Crippen LogP contribution in [0.1, 0.15) is 16.7 Å². The molecule has 3 aromatic rings. The largest absolute Gasteiger partial charge is 0.265 e. The number of fused-ring (bicyclic) bond motifs is 1. The molecule has 0 radical (unpaired) electrons. The molecule has 0 spiro atoms. The summed E-state index contributed by atoms with van der Waals surface area (Å²) in [4.78, 5) is 0.669. The maximum absolute atomic E-state index is 12.6. The molecule has 0 N–H and O–H groups in total. The van der Waals surface area contributed by atoms with Crippen LogP contribution in [0.25, 0.3) is 0 Å². The number of hydrogen-bond acceptors (Lipinski definition) is 2. The van der Waals surface area contributed by atoms with Crippen LogP contribution >= 0.6 is 11.6 Å². The SMILES string of the molecule is O=S1OC(c2ccccc2)(c2ccccc2)c2cc(Cl)ccc21. The smallest absolute Gasteiger partial charge is 0.191 e. The van der Waals surface area contributed by atoms with Crippen molar-refractivity contribution >= 4 is 22.7 Å². The van der Waals surface area contributed by atoms with Crippen molar-refractivity contribution in [2.24, 2.45) is 0 Å². The van der Waals surface area contributed by atoms with Crippen LogP contribution in [-0.4, -0.2) is 4.21 Å². The normalized spacial score (nSPS) is 18.6.